The predicted molar refractivity (Wildman–Crippen MR) is 110 cm³/mol. The average molecular weight is 401 g/mol. The molecule has 0 aliphatic carbocycles. The van der Waals surface area contributed by atoms with Gasteiger partial charge < -0.3 is 24.3 Å². The molecule has 0 spiro atoms. The van der Waals surface area contributed by atoms with E-state index < -0.39 is 18.0 Å². The molecular formula is C22H27NO6. The molecule has 0 radical (unpaired) electrons. The molecule has 2 aromatic rings. The predicted octanol–water partition coefficient (Wildman–Crippen LogP) is 4.02. The van der Waals surface area contributed by atoms with Gasteiger partial charge in [-0.3, -0.25) is 4.79 Å². The molecule has 0 heterocycles. The molecule has 2 aromatic carbocycles. The molecular weight excluding hydrogens is 374 g/mol. The van der Waals surface area contributed by atoms with Crippen molar-refractivity contribution in [3.05, 3.63) is 47.5 Å². The standard InChI is InChI=1S/C22H27NO6/c1-13(2)15-7-9-16(10-8-15)23-21(24)14(3)29-22(25)17-11-19(27-5)20(28-6)12-18(17)26-4/h7-14H,1-6H3,(H,23,24)/t14-/m1/s1. The average Bonchev–Trinajstić information content (AvgIpc) is 2.72. The summed E-state index contributed by atoms with van der Waals surface area (Å²) in [7, 11) is 4.37. The van der Waals surface area contributed by atoms with Crippen molar-refractivity contribution in [3.8, 4) is 17.2 Å². The summed E-state index contributed by atoms with van der Waals surface area (Å²) in [6.07, 6.45) is -1.01. The molecule has 7 heteroatoms. The maximum absolute atomic E-state index is 12.6. The number of esters is 1. The van der Waals surface area contributed by atoms with Crippen molar-refractivity contribution in [1.29, 1.82) is 0 Å². The summed E-state index contributed by atoms with van der Waals surface area (Å²) in [5, 5.41) is 2.74. The van der Waals surface area contributed by atoms with Crippen LogP contribution in [0.4, 0.5) is 5.69 Å². The number of hydrogen-bond acceptors (Lipinski definition) is 6. The monoisotopic (exact) mass is 401 g/mol. The lowest BCUT2D eigenvalue weighted by molar-refractivity contribution is -0.123. The number of carbonyl (C=O) groups excluding carboxylic acids is 2. The summed E-state index contributed by atoms with van der Waals surface area (Å²) in [6, 6.07) is 10.5. The van der Waals surface area contributed by atoms with Crippen LogP contribution in [0.15, 0.2) is 36.4 Å². The molecule has 2 rings (SSSR count). The second-order valence-electron chi connectivity index (χ2n) is 6.72. The van der Waals surface area contributed by atoms with E-state index in [9.17, 15) is 9.59 Å². The number of carbonyl (C=O) groups is 2. The van der Waals surface area contributed by atoms with Crippen molar-refractivity contribution in [1.82, 2.24) is 0 Å². The minimum absolute atomic E-state index is 0.131. The second-order valence-corrected chi connectivity index (χ2v) is 6.72. The first kappa shape index (κ1) is 22.1. The van der Waals surface area contributed by atoms with Gasteiger partial charge in [0.2, 0.25) is 0 Å². The van der Waals surface area contributed by atoms with Crippen LogP contribution in [0.1, 0.15) is 42.6 Å². The van der Waals surface area contributed by atoms with Crippen LogP contribution in [-0.2, 0) is 9.53 Å². The first-order valence-electron chi connectivity index (χ1n) is 9.22. The molecule has 0 aliphatic rings. The van der Waals surface area contributed by atoms with Crippen LogP contribution in [0.3, 0.4) is 0 Å². The van der Waals surface area contributed by atoms with Gasteiger partial charge in [-0.2, -0.15) is 0 Å². The maximum Gasteiger partial charge on any atom is 0.342 e. The highest BCUT2D eigenvalue weighted by Crippen LogP contribution is 2.35. The quantitative estimate of drug-likeness (QED) is 0.673. The molecule has 7 nitrogen and oxygen atoms in total. The number of methoxy groups -OCH3 is 3. The van der Waals surface area contributed by atoms with E-state index in [0.29, 0.717) is 23.1 Å². The number of rotatable bonds is 8. The van der Waals surface area contributed by atoms with E-state index in [2.05, 4.69) is 19.2 Å². The third kappa shape index (κ3) is 5.40. The third-order valence-electron chi connectivity index (χ3n) is 4.42. The van der Waals surface area contributed by atoms with Crippen molar-refractivity contribution in [3.63, 3.8) is 0 Å². The van der Waals surface area contributed by atoms with Gasteiger partial charge in [0.1, 0.15) is 11.3 Å². The molecule has 0 fully saturated rings. The van der Waals surface area contributed by atoms with E-state index in [1.807, 2.05) is 24.3 Å². The Morgan fingerprint density at radius 3 is 1.90 bits per heavy atom. The van der Waals surface area contributed by atoms with Crippen molar-refractivity contribution >= 4 is 17.6 Å². The van der Waals surface area contributed by atoms with Crippen LogP contribution in [0.5, 0.6) is 17.2 Å². The Kier molecular flexibility index (Phi) is 7.47. The summed E-state index contributed by atoms with van der Waals surface area (Å²) in [5.41, 5.74) is 1.93. The number of hydrogen-bond donors (Lipinski definition) is 1. The Balaban J connectivity index is 2.10. The summed E-state index contributed by atoms with van der Waals surface area (Å²) in [4.78, 5) is 25.0. The van der Waals surface area contributed by atoms with Crippen molar-refractivity contribution in [2.45, 2.75) is 32.8 Å². The zero-order valence-electron chi connectivity index (χ0n) is 17.6. The zero-order chi connectivity index (χ0) is 21.6. The number of ether oxygens (including phenoxy) is 4. The van der Waals surface area contributed by atoms with Gasteiger partial charge in [0, 0.05) is 17.8 Å². The molecule has 0 bridgehead atoms. The van der Waals surface area contributed by atoms with Crippen LogP contribution in [0.2, 0.25) is 0 Å². The topological polar surface area (TPSA) is 83.1 Å². The first-order chi connectivity index (χ1) is 13.8. The summed E-state index contributed by atoms with van der Waals surface area (Å²) in [6.45, 7) is 5.69. The van der Waals surface area contributed by atoms with Crippen molar-refractivity contribution < 1.29 is 28.5 Å². The summed E-state index contributed by atoms with van der Waals surface area (Å²) < 4.78 is 21.0. The Bertz CT molecular complexity index is 860. The highest BCUT2D eigenvalue weighted by molar-refractivity contribution is 5.98. The lowest BCUT2D eigenvalue weighted by Gasteiger charge is -2.16. The molecule has 0 unspecified atom stereocenters. The molecule has 29 heavy (non-hydrogen) atoms. The minimum atomic E-state index is -1.01. The third-order valence-corrected chi connectivity index (χ3v) is 4.42. The van der Waals surface area contributed by atoms with E-state index in [4.69, 9.17) is 18.9 Å². The Labute approximate surface area is 170 Å². The maximum atomic E-state index is 12.6. The van der Waals surface area contributed by atoms with Crippen molar-refractivity contribution in [2.24, 2.45) is 0 Å². The Hall–Kier alpha value is -3.22. The van der Waals surface area contributed by atoms with Gasteiger partial charge in [0.25, 0.3) is 5.91 Å². The van der Waals surface area contributed by atoms with E-state index in [1.165, 1.54) is 45.9 Å². The lowest BCUT2D eigenvalue weighted by atomic mass is 10.0. The van der Waals surface area contributed by atoms with Crippen LogP contribution in [-0.4, -0.2) is 39.3 Å². The summed E-state index contributed by atoms with van der Waals surface area (Å²) >= 11 is 0. The van der Waals surface area contributed by atoms with Crippen LogP contribution < -0.4 is 19.5 Å². The fourth-order valence-corrected chi connectivity index (χ4v) is 2.66. The molecule has 0 saturated heterocycles. The molecule has 156 valence electrons. The zero-order valence-corrected chi connectivity index (χ0v) is 17.6. The summed E-state index contributed by atoms with van der Waals surface area (Å²) in [5.74, 6) is 0.274. The fraction of sp³-hybridized carbons (Fsp3) is 0.364. The fourth-order valence-electron chi connectivity index (χ4n) is 2.66. The largest absolute Gasteiger partial charge is 0.496 e. The minimum Gasteiger partial charge on any atom is -0.496 e. The van der Waals surface area contributed by atoms with E-state index in [-0.39, 0.29) is 11.3 Å². The van der Waals surface area contributed by atoms with Crippen LogP contribution in [0.25, 0.3) is 0 Å². The molecule has 1 atom stereocenters. The lowest BCUT2D eigenvalue weighted by Crippen LogP contribution is -2.30. The van der Waals surface area contributed by atoms with Crippen LogP contribution >= 0.6 is 0 Å². The van der Waals surface area contributed by atoms with E-state index >= 15 is 0 Å². The highest BCUT2D eigenvalue weighted by atomic mass is 16.6. The van der Waals surface area contributed by atoms with Gasteiger partial charge in [-0.05, 0) is 30.5 Å². The molecule has 1 N–H and O–H groups in total. The smallest absolute Gasteiger partial charge is 0.342 e. The Morgan fingerprint density at radius 2 is 1.38 bits per heavy atom. The number of benzene rings is 2. The Morgan fingerprint density at radius 1 is 0.828 bits per heavy atom. The molecule has 0 saturated carbocycles. The second kappa shape index (κ2) is 9.82. The van der Waals surface area contributed by atoms with Crippen molar-refractivity contribution in [2.75, 3.05) is 26.6 Å². The first-order valence-corrected chi connectivity index (χ1v) is 9.22. The van der Waals surface area contributed by atoms with Gasteiger partial charge in [0.05, 0.1) is 21.3 Å². The van der Waals surface area contributed by atoms with Gasteiger partial charge in [-0.15, -0.1) is 0 Å². The number of nitrogens with one attached hydrogen (secondary N) is 1. The SMILES string of the molecule is COc1cc(OC)c(C(=O)O[C@H](C)C(=O)Nc2ccc(C(C)C)cc2)cc1OC. The molecule has 0 aromatic heterocycles. The van der Waals surface area contributed by atoms with Gasteiger partial charge in [-0.25, -0.2) is 4.79 Å². The van der Waals surface area contributed by atoms with Crippen LogP contribution in [0, 0.1) is 0 Å². The number of amides is 1. The highest BCUT2D eigenvalue weighted by Gasteiger charge is 2.23. The van der Waals surface area contributed by atoms with Gasteiger partial charge in [0.15, 0.2) is 17.6 Å². The molecule has 1 amide bonds. The van der Waals surface area contributed by atoms with E-state index in [1.54, 1.807) is 0 Å². The van der Waals surface area contributed by atoms with Gasteiger partial charge in [-0.1, -0.05) is 26.0 Å². The number of anilines is 1. The van der Waals surface area contributed by atoms with Gasteiger partial charge >= 0.3 is 5.97 Å². The molecule has 0 aliphatic heterocycles. The van der Waals surface area contributed by atoms with E-state index in [0.717, 1.165) is 0 Å². The normalized spacial score (nSPS) is 11.6.